The van der Waals surface area contributed by atoms with Gasteiger partial charge in [-0.2, -0.15) is 4.98 Å². The van der Waals surface area contributed by atoms with Crippen LogP contribution >= 0.6 is 0 Å². The number of aromatic nitrogens is 2. The van der Waals surface area contributed by atoms with Gasteiger partial charge in [0.05, 0.1) is 37.6 Å². The van der Waals surface area contributed by atoms with Gasteiger partial charge < -0.3 is 19.1 Å². The molecule has 7 nitrogen and oxygen atoms in total. The fraction of sp³-hybridized carbons (Fsp3) is 0.450. The summed E-state index contributed by atoms with van der Waals surface area (Å²) in [7, 11) is 4.81. The number of pyridine rings is 2. The standard InChI is InChI=1S/C20H25N3O4/c1-25-13-14-5-4-10-23(12-14)20(24)15-6-8-17(21-11-15)16-7-9-18(26-2)22-19(16)27-3/h6-9,11,14H,4-5,10,12-13H2,1-3H3/t14-/m1/s1. The molecule has 2 aromatic heterocycles. The maximum Gasteiger partial charge on any atom is 0.255 e. The Bertz CT molecular complexity index is 777. The summed E-state index contributed by atoms with van der Waals surface area (Å²) in [5.41, 5.74) is 2.02. The van der Waals surface area contributed by atoms with Crippen molar-refractivity contribution < 1.29 is 19.0 Å². The number of carbonyl (C=O) groups excluding carboxylic acids is 1. The Morgan fingerprint density at radius 2 is 2.04 bits per heavy atom. The zero-order valence-corrected chi connectivity index (χ0v) is 16.0. The van der Waals surface area contributed by atoms with Crippen LogP contribution in [0.15, 0.2) is 30.5 Å². The molecule has 0 aromatic carbocycles. The molecule has 0 bridgehead atoms. The van der Waals surface area contributed by atoms with Crippen LogP contribution in [-0.2, 0) is 4.74 Å². The Morgan fingerprint density at radius 1 is 1.19 bits per heavy atom. The highest BCUT2D eigenvalue weighted by Crippen LogP contribution is 2.29. The van der Waals surface area contributed by atoms with Crippen LogP contribution in [0.4, 0.5) is 0 Å². The number of rotatable bonds is 6. The first-order valence-corrected chi connectivity index (χ1v) is 9.00. The van der Waals surface area contributed by atoms with Gasteiger partial charge in [-0.15, -0.1) is 0 Å². The molecular formula is C20H25N3O4. The second-order valence-corrected chi connectivity index (χ2v) is 6.56. The molecule has 0 aliphatic carbocycles. The lowest BCUT2D eigenvalue weighted by molar-refractivity contribution is 0.0570. The monoisotopic (exact) mass is 371 g/mol. The lowest BCUT2D eigenvalue weighted by Crippen LogP contribution is -2.41. The molecular weight excluding hydrogens is 346 g/mol. The van der Waals surface area contributed by atoms with Crippen molar-refractivity contribution in [3.8, 4) is 23.0 Å². The van der Waals surface area contributed by atoms with Crippen LogP contribution in [0.2, 0.25) is 0 Å². The average molecular weight is 371 g/mol. The molecule has 27 heavy (non-hydrogen) atoms. The van der Waals surface area contributed by atoms with Crippen molar-refractivity contribution in [3.05, 3.63) is 36.0 Å². The maximum absolute atomic E-state index is 12.8. The van der Waals surface area contributed by atoms with E-state index < -0.39 is 0 Å². The lowest BCUT2D eigenvalue weighted by atomic mass is 9.98. The maximum atomic E-state index is 12.8. The zero-order chi connectivity index (χ0) is 19.2. The molecule has 1 amide bonds. The number of ether oxygens (including phenoxy) is 3. The highest BCUT2D eigenvalue weighted by Gasteiger charge is 2.24. The van der Waals surface area contributed by atoms with Gasteiger partial charge in [0.1, 0.15) is 0 Å². The minimum absolute atomic E-state index is 0.00896. The van der Waals surface area contributed by atoms with E-state index in [4.69, 9.17) is 14.2 Å². The molecule has 144 valence electrons. The van der Waals surface area contributed by atoms with Crippen molar-refractivity contribution in [1.82, 2.24) is 14.9 Å². The Morgan fingerprint density at radius 3 is 2.70 bits per heavy atom. The summed E-state index contributed by atoms with van der Waals surface area (Å²) in [6.45, 7) is 2.19. The van der Waals surface area contributed by atoms with E-state index in [2.05, 4.69) is 9.97 Å². The summed E-state index contributed by atoms with van der Waals surface area (Å²) in [6.07, 6.45) is 3.71. The van der Waals surface area contributed by atoms with Gasteiger partial charge in [0.25, 0.3) is 5.91 Å². The summed E-state index contributed by atoms with van der Waals surface area (Å²) < 4.78 is 15.7. The van der Waals surface area contributed by atoms with Crippen molar-refractivity contribution in [2.24, 2.45) is 5.92 Å². The van der Waals surface area contributed by atoms with E-state index in [0.29, 0.717) is 35.5 Å². The van der Waals surface area contributed by atoms with Gasteiger partial charge in [0, 0.05) is 32.5 Å². The van der Waals surface area contributed by atoms with Crippen LogP contribution in [0.25, 0.3) is 11.3 Å². The van der Waals surface area contributed by atoms with E-state index in [0.717, 1.165) is 31.5 Å². The molecule has 2 aromatic rings. The molecule has 0 N–H and O–H groups in total. The summed E-state index contributed by atoms with van der Waals surface area (Å²) >= 11 is 0. The van der Waals surface area contributed by atoms with Crippen molar-refractivity contribution in [2.45, 2.75) is 12.8 Å². The summed E-state index contributed by atoms with van der Waals surface area (Å²) in [5.74, 6) is 1.31. The number of nitrogens with zero attached hydrogens (tertiary/aromatic N) is 3. The molecule has 1 aliphatic heterocycles. The summed E-state index contributed by atoms with van der Waals surface area (Å²) in [4.78, 5) is 23.4. The first-order chi connectivity index (χ1) is 13.2. The number of carbonyl (C=O) groups is 1. The molecule has 3 heterocycles. The Kier molecular flexibility index (Phi) is 6.24. The first kappa shape index (κ1) is 19.1. The predicted molar refractivity (Wildman–Crippen MR) is 101 cm³/mol. The smallest absolute Gasteiger partial charge is 0.255 e. The molecule has 1 fully saturated rings. The average Bonchev–Trinajstić information content (AvgIpc) is 2.73. The van der Waals surface area contributed by atoms with E-state index in [1.54, 1.807) is 39.7 Å². The van der Waals surface area contributed by atoms with E-state index in [1.165, 1.54) is 0 Å². The van der Waals surface area contributed by atoms with Gasteiger partial charge in [-0.25, -0.2) is 0 Å². The summed E-state index contributed by atoms with van der Waals surface area (Å²) in [5, 5.41) is 0. The SMILES string of the molecule is COC[C@@H]1CCCN(C(=O)c2ccc(-c3ccc(OC)nc3OC)nc2)C1. The van der Waals surface area contributed by atoms with Crippen molar-refractivity contribution in [2.75, 3.05) is 41.0 Å². The second kappa shape index (κ2) is 8.81. The first-order valence-electron chi connectivity index (χ1n) is 9.00. The van der Waals surface area contributed by atoms with E-state index >= 15 is 0 Å². The van der Waals surface area contributed by atoms with E-state index in [1.807, 2.05) is 17.0 Å². The third-order valence-corrected chi connectivity index (χ3v) is 4.73. The largest absolute Gasteiger partial charge is 0.481 e. The fourth-order valence-corrected chi connectivity index (χ4v) is 3.37. The fourth-order valence-electron chi connectivity index (χ4n) is 3.37. The number of hydrogen-bond acceptors (Lipinski definition) is 6. The Hall–Kier alpha value is -2.67. The van der Waals surface area contributed by atoms with Crippen molar-refractivity contribution in [1.29, 1.82) is 0 Å². The number of hydrogen-bond donors (Lipinski definition) is 0. The third kappa shape index (κ3) is 4.36. The van der Waals surface area contributed by atoms with Crippen LogP contribution in [0, 0.1) is 5.92 Å². The van der Waals surface area contributed by atoms with Crippen LogP contribution < -0.4 is 9.47 Å². The molecule has 1 aliphatic rings. The van der Waals surface area contributed by atoms with Crippen molar-refractivity contribution in [3.63, 3.8) is 0 Å². The third-order valence-electron chi connectivity index (χ3n) is 4.73. The normalized spacial score (nSPS) is 16.9. The molecule has 1 atom stereocenters. The highest BCUT2D eigenvalue weighted by molar-refractivity contribution is 5.94. The second-order valence-electron chi connectivity index (χ2n) is 6.56. The molecule has 7 heteroatoms. The van der Waals surface area contributed by atoms with E-state index in [-0.39, 0.29) is 5.91 Å². The van der Waals surface area contributed by atoms with Gasteiger partial charge >= 0.3 is 0 Å². The number of piperidine rings is 1. The van der Waals surface area contributed by atoms with Gasteiger partial charge in [-0.05, 0) is 37.0 Å². The van der Waals surface area contributed by atoms with Crippen LogP contribution in [0.1, 0.15) is 23.2 Å². The number of likely N-dealkylation sites (tertiary alicyclic amines) is 1. The van der Waals surface area contributed by atoms with Gasteiger partial charge in [0.2, 0.25) is 11.8 Å². The lowest BCUT2D eigenvalue weighted by Gasteiger charge is -2.32. The van der Waals surface area contributed by atoms with Gasteiger partial charge in [-0.3, -0.25) is 9.78 Å². The summed E-state index contributed by atoms with van der Waals surface area (Å²) in [6, 6.07) is 7.21. The molecule has 3 rings (SSSR count). The van der Waals surface area contributed by atoms with Gasteiger partial charge in [0.15, 0.2) is 0 Å². The minimum atomic E-state index is 0.00896. The molecule has 0 saturated carbocycles. The molecule has 1 saturated heterocycles. The molecule has 0 spiro atoms. The van der Waals surface area contributed by atoms with Crippen LogP contribution in [0.5, 0.6) is 11.8 Å². The number of amides is 1. The minimum Gasteiger partial charge on any atom is -0.481 e. The van der Waals surface area contributed by atoms with Crippen LogP contribution in [0.3, 0.4) is 0 Å². The van der Waals surface area contributed by atoms with Gasteiger partial charge in [-0.1, -0.05) is 0 Å². The quantitative estimate of drug-likeness (QED) is 0.777. The van der Waals surface area contributed by atoms with Crippen LogP contribution in [-0.4, -0.2) is 61.8 Å². The zero-order valence-electron chi connectivity index (χ0n) is 16.0. The number of methoxy groups -OCH3 is 3. The molecule has 0 unspecified atom stereocenters. The Balaban J connectivity index is 1.76. The highest BCUT2D eigenvalue weighted by atomic mass is 16.5. The van der Waals surface area contributed by atoms with Crippen molar-refractivity contribution >= 4 is 5.91 Å². The molecule has 0 radical (unpaired) electrons. The Labute approximate surface area is 159 Å². The topological polar surface area (TPSA) is 73.8 Å². The predicted octanol–water partition coefficient (Wildman–Crippen LogP) is 2.66. The van der Waals surface area contributed by atoms with E-state index in [9.17, 15) is 4.79 Å².